The number of rotatable bonds is 10. The predicted molar refractivity (Wildman–Crippen MR) is 162 cm³/mol. The number of pyridine rings is 1. The molecule has 0 saturated heterocycles. The molecule has 0 amide bonds. The third-order valence-corrected chi connectivity index (χ3v) is 8.89. The van der Waals surface area contributed by atoms with Crippen LogP contribution in [0.1, 0.15) is 83.7 Å². The van der Waals surface area contributed by atoms with E-state index in [1.807, 2.05) is 12.3 Å². The molecule has 10 heteroatoms. The molecule has 0 aliphatic heterocycles. The summed E-state index contributed by atoms with van der Waals surface area (Å²) in [5.74, 6) is -1.14. The highest BCUT2D eigenvalue weighted by Crippen LogP contribution is 2.39. The summed E-state index contributed by atoms with van der Waals surface area (Å²) in [7, 11) is 0. The first-order chi connectivity index (χ1) is 19.2. The van der Waals surface area contributed by atoms with Crippen molar-refractivity contribution in [2.75, 3.05) is 0 Å². The molecule has 0 fully saturated rings. The average molecular weight is 616 g/mol. The SMILES string of the molecule is CCC(C)(Cc1c(C(=O)C(C)(C)C)c2cc(OCc3nc(C)cs3)ccn2c1C(=O)c1ccc(Cl)c(Cl)c1)C(=O)O. The van der Waals surface area contributed by atoms with E-state index >= 15 is 0 Å². The summed E-state index contributed by atoms with van der Waals surface area (Å²) in [6, 6.07) is 8.01. The number of nitrogens with zero attached hydrogens (tertiary/aromatic N) is 2. The standard InChI is InChI=1S/C31H32Cl2N2O5S/c1-7-31(6,29(38)39)14-20-25(28(37)30(3,4)5)23-13-19(40-15-24-34-17(2)16-41-24)10-11-35(23)26(20)27(36)18-8-9-21(32)22(33)12-18/h8-13,16H,7,14-15H2,1-6H3,(H,38,39). The van der Waals surface area contributed by atoms with Crippen molar-refractivity contribution in [3.05, 3.63) is 85.0 Å². The van der Waals surface area contributed by atoms with Crippen LogP contribution in [0.3, 0.4) is 0 Å². The van der Waals surface area contributed by atoms with Crippen LogP contribution in [-0.4, -0.2) is 32.0 Å². The summed E-state index contributed by atoms with van der Waals surface area (Å²) in [5.41, 5.74) is 0.463. The van der Waals surface area contributed by atoms with E-state index in [9.17, 15) is 19.5 Å². The first kappa shape index (κ1) is 30.8. The number of carbonyl (C=O) groups excluding carboxylic acids is 2. The van der Waals surface area contributed by atoms with E-state index in [0.29, 0.717) is 33.8 Å². The molecule has 1 atom stereocenters. The summed E-state index contributed by atoms with van der Waals surface area (Å²) in [5, 5.41) is 13.4. The monoisotopic (exact) mass is 614 g/mol. The number of thiazole rings is 1. The molecule has 0 radical (unpaired) electrons. The van der Waals surface area contributed by atoms with Gasteiger partial charge in [0, 0.05) is 39.9 Å². The van der Waals surface area contributed by atoms with Crippen LogP contribution < -0.4 is 4.74 Å². The first-order valence-corrected chi connectivity index (χ1v) is 14.8. The lowest BCUT2D eigenvalue weighted by Crippen LogP contribution is -2.31. The zero-order valence-electron chi connectivity index (χ0n) is 23.8. The predicted octanol–water partition coefficient (Wildman–Crippen LogP) is 8.09. The molecular formula is C31H32Cl2N2O5S. The number of aromatic nitrogens is 2. The van der Waals surface area contributed by atoms with Crippen LogP contribution in [0, 0.1) is 17.8 Å². The maximum absolute atomic E-state index is 14.2. The molecular weight excluding hydrogens is 583 g/mol. The fourth-order valence-corrected chi connectivity index (χ4v) is 5.53. The van der Waals surface area contributed by atoms with Crippen LogP contribution in [0.15, 0.2) is 41.9 Å². The first-order valence-electron chi connectivity index (χ1n) is 13.1. The summed E-state index contributed by atoms with van der Waals surface area (Å²) < 4.78 is 7.68. The number of carbonyl (C=O) groups is 3. The Morgan fingerprint density at radius 2 is 1.78 bits per heavy atom. The van der Waals surface area contributed by atoms with Gasteiger partial charge in [-0.15, -0.1) is 11.3 Å². The molecule has 0 saturated carbocycles. The van der Waals surface area contributed by atoms with Gasteiger partial charge in [-0.2, -0.15) is 0 Å². The van der Waals surface area contributed by atoms with E-state index in [0.717, 1.165) is 10.7 Å². The number of Topliss-reactive ketones (excluding diaryl/α,β-unsaturated/α-hetero) is 1. The van der Waals surface area contributed by atoms with Gasteiger partial charge in [0.25, 0.3) is 0 Å². The van der Waals surface area contributed by atoms with Crippen molar-refractivity contribution in [1.82, 2.24) is 9.38 Å². The number of carboxylic acids is 1. The molecule has 0 spiro atoms. The van der Waals surface area contributed by atoms with Crippen molar-refractivity contribution in [3.63, 3.8) is 0 Å². The Morgan fingerprint density at radius 1 is 1.07 bits per heavy atom. The van der Waals surface area contributed by atoms with Gasteiger partial charge in [0.1, 0.15) is 17.4 Å². The van der Waals surface area contributed by atoms with Crippen molar-refractivity contribution >= 4 is 57.6 Å². The molecule has 3 heterocycles. The van der Waals surface area contributed by atoms with Crippen LogP contribution in [0.4, 0.5) is 0 Å². The number of halogens is 2. The van der Waals surface area contributed by atoms with Crippen molar-refractivity contribution in [2.45, 2.75) is 61.0 Å². The van der Waals surface area contributed by atoms with Crippen molar-refractivity contribution in [2.24, 2.45) is 10.8 Å². The number of ether oxygens (including phenoxy) is 1. The van der Waals surface area contributed by atoms with Crippen LogP contribution in [0.2, 0.25) is 10.0 Å². The lowest BCUT2D eigenvalue weighted by Gasteiger charge is -2.25. The van der Waals surface area contributed by atoms with Crippen molar-refractivity contribution in [3.8, 4) is 5.75 Å². The summed E-state index contributed by atoms with van der Waals surface area (Å²) >= 11 is 13.9. The van der Waals surface area contributed by atoms with E-state index in [-0.39, 0.29) is 35.1 Å². The van der Waals surface area contributed by atoms with Gasteiger partial charge in [-0.05, 0) is 56.5 Å². The Bertz CT molecular complexity index is 1670. The second-order valence-corrected chi connectivity index (χ2v) is 13.2. The Kier molecular flexibility index (Phi) is 8.69. The maximum atomic E-state index is 14.2. The fraction of sp³-hybridized carbons (Fsp3) is 0.355. The Labute approximate surface area is 253 Å². The van der Waals surface area contributed by atoms with Crippen LogP contribution in [0.25, 0.3) is 5.52 Å². The van der Waals surface area contributed by atoms with Gasteiger partial charge in [0.15, 0.2) is 5.78 Å². The largest absolute Gasteiger partial charge is 0.486 e. The quantitative estimate of drug-likeness (QED) is 0.181. The zero-order valence-corrected chi connectivity index (χ0v) is 26.1. The van der Waals surface area contributed by atoms with E-state index in [2.05, 4.69) is 4.98 Å². The highest BCUT2D eigenvalue weighted by atomic mass is 35.5. The molecule has 7 nitrogen and oxygen atoms in total. The molecule has 1 N–H and O–H groups in total. The number of hydrogen-bond donors (Lipinski definition) is 1. The molecule has 216 valence electrons. The van der Waals surface area contributed by atoms with E-state index in [1.165, 1.54) is 23.5 Å². The molecule has 3 aromatic heterocycles. The molecule has 1 unspecified atom stereocenters. The number of aliphatic carboxylic acids is 1. The second kappa shape index (κ2) is 11.6. The summed E-state index contributed by atoms with van der Waals surface area (Å²) in [6.07, 6.45) is 1.93. The molecule has 1 aromatic carbocycles. The highest BCUT2D eigenvalue weighted by Gasteiger charge is 2.39. The second-order valence-electron chi connectivity index (χ2n) is 11.4. The Balaban J connectivity index is 1.99. The lowest BCUT2D eigenvalue weighted by atomic mass is 9.77. The number of benzene rings is 1. The molecule has 0 bridgehead atoms. The fourth-order valence-electron chi connectivity index (χ4n) is 4.55. The van der Waals surface area contributed by atoms with Gasteiger partial charge < -0.3 is 14.2 Å². The van der Waals surface area contributed by atoms with Gasteiger partial charge in [-0.25, -0.2) is 4.98 Å². The third-order valence-electron chi connectivity index (χ3n) is 7.21. The molecule has 0 aliphatic carbocycles. The lowest BCUT2D eigenvalue weighted by molar-refractivity contribution is -0.148. The minimum absolute atomic E-state index is 0.0331. The minimum Gasteiger partial charge on any atom is -0.486 e. The third kappa shape index (κ3) is 6.20. The minimum atomic E-state index is -1.23. The van der Waals surface area contributed by atoms with Crippen LogP contribution >= 0.6 is 34.5 Å². The number of ketones is 2. The molecule has 41 heavy (non-hydrogen) atoms. The van der Waals surface area contributed by atoms with Crippen LogP contribution in [0.5, 0.6) is 5.75 Å². The van der Waals surface area contributed by atoms with E-state index < -0.39 is 22.6 Å². The van der Waals surface area contributed by atoms with Gasteiger partial charge in [-0.1, -0.05) is 50.9 Å². The summed E-state index contributed by atoms with van der Waals surface area (Å²) in [6.45, 7) is 10.9. The van der Waals surface area contributed by atoms with E-state index in [4.69, 9.17) is 27.9 Å². The van der Waals surface area contributed by atoms with Gasteiger partial charge in [0.05, 0.1) is 26.7 Å². The van der Waals surface area contributed by atoms with Crippen molar-refractivity contribution < 1.29 is 24.2 Å². The van der Waals surface area contributed by atoms with Crippen molar-refractivity contribution in [1.29, 1.82) is 0 Å². The number of carboxylic acid groups (broad SMARTS) is 1. The van der Waals surface area contributed by atoms with E-state index in [1.54, 1.807) is 63.4 Å². The smallest absolute Gasteiger partial charge is 0.309 e. The summed E-state index contributed by atoms with van der Waals surface area (Å²) in [4.78, 5) is 45.1. The number of hydrogen-bond acceptors (Lipinski definition) is 6. The Hall–Kier alpha value is -3.20. The molecule has 4 rings (SSSR count). The Morgan fingerprint density at radius 3 is 2.34 bits per heavy atom. The average Bonchev–Trinajstić information content (AvgIpc) is 3.47. The topological polar surface area (TPSA) is 98.0 Å². The molecule has 0 aliphatic rings. The van der Waals surface area contributed by atoms with Gasteiger partial charge in [-0.3, -0.25) is 14.4 Å². The number of fused-ring (bicyclic) bond motifs is 1. The zero-order chi connectivity index (χ0) is 30.3. The maximum Gasteiger partial charge on any atom is 0.309 e. The van der Waals surface area contributed by atoms with Gasteiger partial charge >= 0.3 is 5.97 Å². The highest BCUT2D eigenvalue weighted by molar-refractivity contribution is 7.09. The van der Waals surface area contributed by atoms with Crippen LogP contribution in [-0.2, 0) is 17.8 Å². The normalized spacial score (nSPS) is 13.3. The number of aryl methyl sites for hydroxylation is 1. The van der Waals surface area contributed by atoms with Gasteiger partial charge in [0.2, 0.25) is 5.78 Å². The molecule has 4 aromatic rings.